The van der Waals surface area contributed by atoms with Gasteiger partial charge in [0.05, 0.1) is 21.2 Å². The fraction of sp³-hybridized carbons (Fsp3) is 0.333. The Morgan fingerprint density at radius 2 is 1.77 bits per heavy atom. The molecule has 1 heterocycles. The normalized spacial score (nSPS) is 12.0. The minimum absolute atomic E-state index is 0.0451. The highest BCUT2D eigenvalue weighted by Crippen LogP contribution is 2.37. The Hall–Kier alpha value is -2.62. The third-order valence-corrected chi connectivity index (χ3v) is 3.37. The number of halogens is 4. The lowest BCUT2D eigenvalue weighted by Crippen LogP contribution is -2.27. The highest BCUT2D eigenvalue weighted by Gasteiger charge is 2.32. The molecule has 7 nitrogen and oxygen atoms in total. The molecule has 1 aromatic carbocycles. The highest BCUT2D eigenvalue weighted by molar-refractivity contribution is 6.33. The zero-order chi connectivity index (χ0) is 19.7. The second kappa shape index (κ2) is 6.94. The van der Waals surface area contributed by atoms with Crippen LogP contribution in [0, 0.1) is 10.1 Å². The fourth-order valence-electron chi connectivity index (χ4n) is 2.01. The van der Waals surface area contributed by atoms with Gasteiger partial charge in [-0.05, 0) is 39.0 Å². The molecule has 0 spiro atoms. The summed E-state index contributed by atoms with van der Waals surface area (Å²) in [6, 6.07) is 2.62. The van der Waals surface area contributed by atoms with Crippen LogP contribution in [0.2, 0.25) is 5.02 Å². The van der Waals surface area contributed by atoms with Crippen molar-refractivity contribution in [2.75, 3.05) is 10.6 Å². The maximum atomic E-state index is 12.9. The van der Waals surface area contributed by atoms with Crippen molar-refractivity contribution < 1.29 is 18.1 Å². The number of nitrogens with one attached hydrogen (secondary N) is 2. The molecule has 0 aliphatic rings. The van der Waals surface area contributed by atoms with Crippen LogP contribution in [-0.4, -0.2) is 20.4 Å². The molecule has 0 saturated carbocycles. The van der Waals surface area contributed by atoms with Crippen molar-refractivity contribution in [1.82, 2.24) is 9.97 Å². The number of benzene rings is 1. The van der Waals surface area contributed by atoms with E-state index < -0.39 is 27.9 Å². The quantitative estimate of drug-likeness (QED) is 0.564. The van der Waals surface area contributed by atoms with Gasteiger partial charge in [0.15, 0.2) is 0 Å². The van der Waals surface area contributed by atoms with Crippen molar-refractivity contribution in [1.29, 1.82) is 0 Å². The van der Waals surface area contributed by atoms with E-state index in [1.807, 2.05) is 0 Å². The van der Waals surface area contributed by atoms with Crippen molar-refractivity contribution >= 4 is 34.6 Å². The Morgan fingerprint density at radius 3 is 2.31 bits per heavy atom. The molecule has 0 fully saturated rings. The van der Waals surface area contributed by atoms with Crippen LogP contribution in [0.5, 0.6) is 0 Å². The molecule has 2 N–H and O–H groups in total. The first kappa shape index (κ1) is 19.7. The largest absolute Gasteiger partial charge is 0.416 e. The number of hydrogen-bond donors (Lipinski definition) is 2. The van der Waals surface area contributed by atoms with Gasteiger partial charge in [-0.1, -0.05) is 11.6 Å². The van der Waals surface area contributed by atoms with Gasteiger partial charge in [-0.2, -0.15) is 13.2 Å². The summed E-state index contributed by atoms with van der Waals surface area (Å²) in [4.78, 5) is 18.4. The molecule has 26 heavy (non-hydrogen) atoms. The maximum Gasteiger partial charge on any atom is 0.416 e. The molecule has 0 radical (unpaired) electrons. The highest BCUT2D eigenvalue weighted by atomic mass is 35.5. The number of nitro groups is 1. The van der Waals surface area contributed by atoms with E-state index in [4.69, 9.17) is 11.6 Å². The summed E-state index contributed by atoms with van der Waals surface area (Å²) >= 11 is 5.92. The zero-order valence-electron chi connectivity index (χ0n) is 14.0. The van der Waals surface area contributed by atoms with Crippen LogP contribution < -0.4 is 10.6 Å². The number of hydrogen-bond acceptors (Lipinski definition) is 6. The Kier molecular flexibility index (Phi) is 5.26. The number of alkyl halides is 3. The summed E-state index contributed by atoms with van der Waals surface area (Å²) in [5.74, 6) is -0.346. The first-order chi connectivity index (χ1) is 11.9. The first-order valence-electron chi connectivity index (χ1n) is 7.30. The summed E-state index contributed by atoms with van der Waals surface area (Å²) < 4.78 is 38.6. The average Bonchev–Trinajstić information content (AvgIpc) is 2.46. The second-order valence-corrected chi connectivity index (χ2v) is 6.78. The lowest BCUT2D eigenvalue weighted by atomic mass is 10.1. The van der Waals surface area contributed by atoms with E-state index in [1.54, 1.807) is 20.8 Å². The van der Waals surface area contributed by atoms with Crippen molar-refractivity contribution in [3.63, 3.8) is 0 Å². The second-order valence-electron chi connectivity index (χ2n) is 6.37. The summed E-state index contributed by atoms with van der Waals surface area (Å²) in [7, 11) is 0. The smallest absolute Gasteiger partial charge is 0.360 e. The van der Waals surface area contributed by atoms with Crippen LogP contribution in [-0.2, 0) is 6.18 Å². The molecule has 0 amide bonds. The van der Waals surface area contributed by atoms with Gasteiger partial charge in [-0.15, -0.1) is 0 Å². The number of anilines is 3. The van der Waals surface area contributed by atoms with Gasteiger partial charge < -0.3 is 10.6 Å². The minimum atomic E-state index is -4.59. The molecular formula is C15H15ClF3N5O2. The van der Waals surface area contributed by atoms with Crippen molar-refractivity contribution in [3.8, 4) is 0 Å². The summed E-state index contributed by atoms with van der Waals surface area (Å²) in [5.41, 5.74) is -2.15. The zero-order valence-corrected chi connectivity index (χ0v) is 14.7. The third kappa shape index (κ3) is 4.72. The van der Waals surface area contributed by atoms with E-state index in [0.717, 1.165) is 24.5 Å². The molecule has 1 aromatic heterocycles. The van der Waals surface area contributed by atoms with E-state index in [9.17, 15) is 23.3 Å². The van der Waals surface area contributed by atoms with Gasteiger partial charge in [-0.3, -0.25) is 10.1 Å². The number of nitrogens with zero attached hydrogens (tertiary/aromatic N) is 3. The van der Waals surface area contributed by atoms with E-state index in [2.05, 4.69) is 20.6 Å². The van der Waals surface area contributed by atoms with Gasteiger partial charge in [-0.25, -0.2) is 9.97 Å². The molecule has 0 atom stereocenters. The Morgan fingerprint density at radius 1 is 1.15 bits per heavy atom. The number of rotatable bonds is 4. The molecule has 2 rings (SSSR count). The van der Waals surface area contributed by atoms with Gasteiger partial charge in [0, 0.05) is 5.54 Å². The molecule has 0 unspecified atom stereocenters. The molecule has 140 valence electrons. The lowest BCUT2D eigenvalue weighted by molar-refractivity contribution is -0.383. The van der Waals surface area contributed by atoms with Crippen molar-refractivity contribution in [3.05, 3.63) is 45.2 Å². The first-order valence-corrected chi connectivity index (χ1v) is 7.67. The van der Waals surface area contributed by atoms with Gasteiger partial charge in [0.1, 0.15) is 6.33 Å². The summed E-state index contributed by atoms with van der Waals surface area (Å²) in [6.45, 7) is 5.32. The predicted octanol–water partition coefficient (Wildman–Crippen LogP) is 5.01. The van der Waals surface area contributed by atoms with Crippen molar-refractivity contribution in [2.45, 2.75) is 32.5 Å². The van der Waals surface area contributed by atoms with Gasteiger partial charge in [0.25, 0.3) is 0 Å². The van der Waals surface area contributed by atoms with E-state index in [0.29, 0.717) is 0 Å². The fourth-order valence-corrected chi connectivity index (χ4v) is 2.18. The number of aromatic nitrogens is 2. The predicted molar refractivity (Wildman–Crippen MR) is 91.8 cm³/mol. The molecule has 2 aromatic rings. The SMILES string of the molecule is CC(C)(C)Nc1ncnc(Nc2cc(C(F)(F)F)ccc2Cl)c1[N+](=O)[O-]. The lowest BCUT2D eigenvalue weighted by Gasteiger charge is -2.21. The average molecular weight is 390 g/mol. The van der Waals surface area contributed by atoms with Crippen LogP contribution in [0.25, 0.3) is 0 Å². The Bertz CT molecular complexity index is 837. The van der Waals surface area contributed by atoms with E-state index >= 15 is 0 Å². The standard InChI is InChI=1S/C15H15ClF3N5O2/c1-14(2,3)23-13-11(24(25)26)12(20-7-21-13)22-10-6-8(15(17,18)19)4-5-9(10)16/h4-7H,1-3H3,(H2,20,21,22,23). The topological polar surface area (TPSA) is 93.0 Å². The summed E-state index contributed by atoms with van der Waals surface area (Å²) in [5, 5.41) is 16.8. The van der Waals surface area contributed by atoms with Crippen LogP contribution in [0.15, 0.2) is 24.5 Å². The Labute approximate surface area is 151 Å². The minimum Gasteiger partial charge on any atom is -0.360 e. The molecule has 0 aliphatic carbocycles. The Balaban J connectivity index is 2.50. The van der Waals surface area contributed by atoms with Crippen LogP contribution in [0.4, 0.5) is 36.2 Å². The van der Waals surface area contributed by atoms with E-state index in [1.165, 1.54) is 0 Å². The molecular weight excluding hydrogens is 375 g/mol. The van der Waals surface area contributed by atoms with Gasteiger partial charge in [0.2, 0.25) is 11.6 Å². The van der Waals surface area contributed by atoms with Crippen LogP contribution >= 0.6 is 11.6 Å². The maximum absolute atomic E-state index is 12.9. The third-order valence-electron chi connectivity index (χ3n) is 3.05. The van der Waals surface area contributed by atoms with Crippen LogP contribution in [0.1, 0.15) is 26.3 Å². The van der Waals surface area contributed by atoms with Crippen molar-refractivity contribution in [2.24, 2.45) is 0 Å². The molecule has 0 bridgehead atoms. The van der Waals surface area contributed by atoms with Crippen LogP contribution in [0.3, 0.4) is 0 Å². The monoisotopic (exact) mass is 389 g/mol. The van der Waals surface area contributed by atoms with E-state index in [-0.39, 0.29) is 22.3 Å². The van der Waals surface area contributed by atoms with Gasteiger partial charge >= 0.3 is 11.9 Å². The summed E-state index contributed by atoms with van der Waals surface area (Å²) in [6.07, 6.45) is -3.53. The molecule has 11 heteroatoms. The molecule has 0 saturated heterocycles. The molecule has 0 aliphatic heterocycles.